The van der Waals surface area contributed by atoms with E-state index in [4.69, 9.17) is 14.6 Å². The molecule has 1 unspecified atom stereocenters. The van der Waals surface area contributed by atoms with Gasteiger partial charge in [0, 0.05) is 37.1 Å². The van der Waals surface area contributed by atoms with E-state index in [1.807, 2.05) is 24.4 Å². The number of thioether (sulfide) groups is 1. The minimum Gasteiger partial charge on any atom is -0.497 e. The van der Waals surface area contributed by atoms with Crippen LogP contribution in [0.25, 0.3) is 5.69 Å². The number of aromatic nitrogens is 4. The molecule has 0 amide bonds. The van der Waals surface area contributed by atoms with Gasteiger partial charge in [0.15, 0.2) is 5.16 Å². The van der Waals surface area contributed by atoms with E-state index in [-0.39, 0.29) is 0 Å². The van der Waals surface area contributed by atoms with Gasteiger partial charge in [0.05, 0.1) is 24.6 Å². The van der Waals surface area contributed by atoms with E-state index in [1.54, 1.807) is 18.9 Å². The third-order valence-corrected chi connectivity index (χ3v) is 7.52. The fourth-order valence-electron chi connectivity index (χ4n) is 4.64. The number of likely N-dealkylation sites (tertiary alicyclic amines) is 1. The van der Waals surface area contributed by atoms with Crippen molar-refractivity contribution in [1.29, 1.82) is 0 Å². The first-order chi connectivity index (χ1) is 16.3. The quantitative estimate of drug-likeness (QED) is 0.459. The molecule has 1 aromatic carbocycles. The summed E-state index contributed by atoms with van der Waals surface area (Å²) in [5.41, 5.74) is 2.18. The number of hydrogen-bond acceptors (Lipinski definition) is 7. The largest absolute Gasteiger partial charge is 0.497 e. The van der Waals surface area contributed by atoms with Gasteiger partial charge >= 0.3 is 0 Å². The molecule has 0 N–H and O–H groups in total. The van der Waals surface area contributed by atoms with E-state index in [2.05, 4.69) is 43.8 Å². The number of ether oxygens (including phenoxy) is 2. The van der Waals surface area contributed by atoms with E-state index in [1.165, 1.54) is 0 Å². The number of hydrogen-bond donors (Lipinski definition) is 0. The Morgan fingerprint density at radius 2 is 2.00 bits per heavy atom. The van der Waals surface area contributed by atoms with E-state index < -0.39 is 0 Å². The molecule has 2 fully saturated rings. The van der Waals surface area contributed by atoms with Gasteiger partial charge in [0.2, 0.25) is 0 Å². The lowest BCUT2D eigenvalue weighted by molar-refractivity contribution is 0.129. The molecule has 0 radical (unpaired) electrons. The standard InChI is InChI=1S/C25H31N5O2S/c1-31-22-8-4-7-21(16-22)30-24(27-28-25(30)33-18-23-9-5-15-32-23)19-10-13-29(14-11-19)17-20-6-2-3-12-26-20/h2-4,6-8,12,16,19,23H,5,9-11,13-15,17-18H2,1H3. The number of nitrogens with zero attached hydrogens (tertiary/aromatic N) is 5. The molecule has 7 nitrogen and oxygen atoms in total. The highest BCUT2D eigenvalue weighted by molar-refractivity contribution is 7.99. The third-order valence-electron chi connectivity index (χ3n) is 6.46. The number of benzene rings is 1. The van der Waals surface area contributed by atoms with Gasteiger partial charge < -0.3 is 9.47 Å². The summed E-state index contributed by atoms with van der Waals surface area (Å²) in [5, 5.41) is 10.3. The Morgan fingerprint density at radius 1 is 1.09 bits per heavy atom. The van der Waals surface area contributed by atoms with Crippen molar-refractivity contribution < 1.29 is 9.47 Å². The fourth-order valence-corrected chi connectivity index (χ4v) is 5.67. The van der Waals surface area contributed by atoms with E-state index in [9.17, 15) is 0 Å². The average molecular weight is 466 g/mol. The SMILES string of the molecule is COc1cccc(-n2c(SCC3CCCO3)nnc2C2CCN(Cc3ccccn3)CC2)c1. The maximum atomic E-state index is 5.83. The Kier molecular flexibility index (Phi) is 7.24. The molecular formula is C25H31N5O2S. The van der Waals surface area contributed by atoms with Crippen LogP contribution in [0.4, 0.5) is 0 Å². The predicted octanol–water partition coefficient (Wildman–Crippen LogP) is 4.32. The van der Waals surface area contributed by atoms with Crippen LogP contribution >= 0.6 is 11.8 Å². The Morgan fingerprint density at radius 3 is 2.76 bits per heavy atom. The van der Waals surface area contributed by atoms with E-state index in [0.717, 1.165) is 85.8 Å². The normalized spacial score (nSPS) is 19.7. The molecule has 174 valence electrons. The highest BCUT2D eigenvalue weighted by atomic mass is 32.2. The molecule has 0 aliphatic carbocycles. The first kappa shape index (κ1) is 22.4. The summed E-state index contributed by atoms with van der Waals surface area (Å²) in [6, 6.07) is 14.3. The first-order valence-electron chi connectivity index (χ1n) is 11.8. The van der Waals surface area contributed by atoms with Gasteiger partial charge in [-0.05, 0) is 63.0 Å². The molecule has 33 heavy (non-hydrogen) atoms. The van der Waals surface area contributed by atoms with Gasteiger partial charge in [0.1, 0.15) is 11.6 Å². The van der Waals surface area contributed by atoms with Crippen LogP contribution in [0.15, 0.2) is 53.8 Å². The van der Waals surface area contributed by atoms with Crippen molar-refractivity contribution in [2.24, 2.45) is 0 Å². The summed E-state index contributed by atoms with van der Waals surface area (Å²) in [6.07, 6.45) is 6.58. The zero-order valence-electron chi connectivity index (χ0n) is 19.1. The molecule has 2 aliphatic heterocycles. The molecule has 0 spiro atoms. The molecule has 5 rings (SSSR count). The average Bonchev–Trinajstić information content (AvgIpc) is 3.54. The summed E-state index contributed by atoms with van der Waals surface area (Å²) in [4.78, 5) is 6.97. The fraction of sp³-hybridized carbons (Fsp3) is 0.480. The minimum absolute atomic E-state index is 0.309. The number of methoxy groups -OCH3 is 1. The van der Waals surface area contributed by atoms with Crippen LogP contribution in [-0.2, 0) is 11.3 Å². The number of rotatable bonds is 8. The van der Waals surface area contributed by atoms with Crippen LogP contribution < -0.4 is 4.74 Å². The molecular weight excluding hydrogens is 434 g/mol. The van der Waals surface area contributed by atoms with Crippen molar-refractivity contribution >= 4 is 11.8 Å². The van der Waals surface area contributed by atoms with Crippen LogP contribution in [-0.4, -0.2) is 63.3 Å². The second-order valence-corrected chi connectivity index (χ2v) is 9.68. The van der Waals surface area contributed by atoms with Crippen LogP contribution in [0.2, 0.25) is 0 Å². The Labute approximate surface area is 199 Å². The summed E-state index contributed by atoms with van der Waals surface area (Å²) in [5.74, 6) is 3.17. The lowest BCUT2D eigenvalue weighted by Crippen LogP contribution is -2.33. The van der Waals surface area contributed by atoms with Crippen molar-refractivity contribution in [2.45, 2.75) is 49.4 Å². The maximum Gasteiger partial charge on any atom is 0.195 e. The lowest BCUT2D eigenvalue weighted by atomic mass is 9.95. The molecule has 2 aromatic heterocycles. The molecule has 0 bridgehead atoms. The highest BCUT2D eigenvalue weighted by Crippen LogP contribution is 2.33. The van der Waals surface area contributed by atoms with E-state index in [0.29, 0.717) is 12.0 Å². The highest BCUT2D eigenvalue weighted by Gasteiger charge is 2.28. The second-order valence-electron chi connectivity index (χ2n) is 8.70. The minimum atomic E-state index is 0.309. The van der Waals surface area contributed by atoms with Crippen molar-refractivity contribution in [3.8, 4) is 11.4 Å². The predicted molar refractivity (Wildman–Crippen MR) is 129 cm³/mol. The number of piperidine rings is 1. The van der Waals surface area contributed by atoms with Gasteiger partial charge in [-0.3, -0.25) is 14.5 Å². The molecule has 2 aliphatic rings. The van der Waals surface area contributed by atoms with Gasteiger partial charge in [-0.1, -0.05) is 23.9 Å². The Balaban J connectivity index is 1.34. The first-order valence-corrected chi connectivity index (χ1v) is 12.7. The van der Waals surface area contributed by atoms with Crippen LogP contribution in [0.3, 0.4) is 0 Å². The van der Waals surface area contributed by atoms with Gasteiger partial charge in [-0.15, -0.1) is 10.2 Å². The summed E-state index contributed by atoms with van der Waals surface area (Å²) < 4.78 is 13.6. The Hall–Kier alpha value is -2.42. The second kappa shape index (κ2) is 10.7. The summed E-state index contributed by atoms with van der Waals surface area (Å²) in [6.45, 7) is 3.84. The molecule has 4 heterocycles. The monoisotopic (exact) mass is 465 g/mol. The van der Waals surface area contributed by atoms with Crippen molar-refractivity contribution in [1.82, 2.24) is 24.6 Å². The molecule has 0 saturated carbocycles. The third kappa shape index (κ3) is 5.39. The van der Waals surface area contributed by atoms with Gasteiger partial charge in [-0.25, -0.2) is 0 Å². The Bertz CT molecular complexity index is 1030. The smallest absolute Gasteiger partial charge is 0.195 e. The molecule has 2 saturated heterocycles. The molecule has 8 heteroatoms. The van der Waals surface area contributed by atoms with Gasteiger partial charge in [0.25, 0.3) is 0 Å². The summed E-state index contributed by atoms with van der Waals surface area (Å²) in [7, 11) is 1.70. The van der Waals surface area contributed by atoms with Crippen LogP contribution in [0.1, 0.15) is 43.1 Å². The van der Waals surface area contributed by atoms with Crippen LogP contribution in [0.5, 0.6) is 5.75 Å². The number of pyridine rings is 1. The molecule has 3 aromatic rings. The topological polar surface area (TPSA) is 65.3 Å². The van der Waals surface area contributed by atoms with Crippen molar-refractivity contribution in [2.75, 3.05) is 32.6 Å². The molecule has 1 atom stereocenters. The van der Waals surface area contributed by atoms with Crippen LogP contribution in [0, 0.1) is 0 Å². The van der Waals surface area contributed by atoms with E-state index >= 15 is 0 Å². The maximum absolute atomic E-state index is 5.83. The van der Waals surface area contributed by atoms with Crippen molar-refractivity contribution in [3.63, 3.8) is 0 Å². The zero-order chi connectivity index (χ0) is 22.5. The lowest BCUT2D eigenvalue weighted by Gasteiger charge is -2.31. The summed E-state index contributed by atoms with van der Waals surface area (Å²) >= 11 is 1.74. The zero-order valence-corrected chi connectivity index (χ0v) is 19.9. The van der Waals surface area contributed by atoms with Crippen molar-refractivity contribution in [3.05, 3.63) is 60.2 Å². The van der Waals surface area contributed by atoms with Gasteiger partial charge in [-0.2, -0.15) is 0 Å².